The predicted octanol–water partition coefficient (Wildman–Crippen LogP) is 4.36. The van der Waals surface area contributed by atoms with Crippen molar-refractivity contribution in [2.24, 2.45) is 5.92 Å². The van der Waals surface area contributed by atoms with Gasteiger partial charge in [0.15, 0.2) is 11.7 Å². The van der Waals surface area contributed by atoms with Gasteiger partial charge in [-0.1, -0.05) is 15.9 Å². The van der Waals surface area contributed by atoms with Crippen LogP contribution < -0.4 is 10.6 Å². The van der Waals surface area contributed by atoms with Gasteiger partial charge in [0.05, 0.1) is 6.07 Å². The van der Waals surface area contributed by atoms with E-state index in [1.807, 2.05) is 0 Å². The Balaban J connectivity index is 1.65. The van der Waals surface area contributed by atoms with Gasteiger partial charge in [-0.15, -0.1) is 0 Å². The van der Waals surface area contributed by atoms with Crippen molar-refractivity contribution >= 4 is 50.8 Å². The SMILES string of the molecule is CN(C)C(=O)c1ccc(NC(=O)C(C#N)C(=O)c2ccc(NC(=O)c3ccc(Br)cc3)cc2)cc1. The second-order valence-corrected chi connectivity index (χ2v) is 8.65. The van der Waals surface area contributed by atoms with E-state index in [2.05, 4.69) is 26.6 Å². The zero-order chi connectivity index (χ0) is 25.5. The highest BCUT2D eigenvalue weighted by Crippen LogP contribution is 2.18. The zero-order valence-corrected chi connectivity index (χ0v) is 20.5. The number of carbonyl (C=O) groups is 4. The van der Waals surface area contributed by atoms with Crippen LogP contribution in [0.2, 0.25) is 0 Å². The molecule has 35 heavy (non-hydrogen) atoms. The summed E-state index contributed by atoms with van der Waals surface area (Å²) < 4.78 is 0.851. The fourth-order valence-electron chi connectivity index (χ4n) is 3.09. The van der Waals surface area contributed by atoms with Crippen LogP contribution in [-0.2, 0) is 4.79 Å². The van der Waals surface area contributed by atoms with Crippen LogP contribution in [0.4, 0.5) is 11.4 Å². The Kier molecular flexibility index (Phi) is 8.12. The van der Waals surface area contributed by atoms with Crippen molar-refractivity contribution in [2.45, 2.75) is 0 Å². The minimum Gasteiger partial charge on any atom is -0.345 e. The summed E-state index contributed by atoms with van der Waals surface area (Å²) in [4.78, 5) is 51.1. The molecule has 3 amide bonds. The Morgan fingerprint density at radius 2 is 1.26 bits per heavy atom. The summed E-state index contributed by atoms with van der Waals surface area (Å²) in [5, 5.41) is 14.7. The molecular formula is C26H21BrN4O4. The highest BCUT2D eigenvalue weighted by atomic mass is 79.9. The molecule has 0 fully saturated rings. The number of benzene rings is 3. The first-order chi connectivity index (χ1) is 16.7. The lowest BCUT2D eigenvalue weighted by atomic mass is 9.97. The first-order valence-electron chi connectivity index (χ1n) is 10.4. The number of rotatable bonds is 7. The number of nitrogens with zero attached hydrogens (tertiary/aromatic N) is 2. The number of nitrogens with one attached hydrogen (secondary N) is 2. The minimum atomic E-state index is -1.57. The van der Waals surface area contributed by atoms with Crippen LogP contribution in [-0.4, -0.2) is 42.5 Å². The van der Waals surface area contributed by atoms with Crippen molar-refractivity contribution in [1.29, 1.82) is 5.26 Å². The first kappa shape index (κ1) is 25.3. The van der Waals surface area contributed by atoms with Crippen LogP contribution in [0.1, 0.15) is 31.1 Å². The van der Waals surface area contributed by atoms with Gasteiger partial charge in [0, 0.05) is 46.6 Å². The highest BCUT2D eigenvalue weighted by Gasteiger charge is 2.27. The molecule has 3 aromatic rings. The third-order valence-electron chi connectivity index (χ3n) is 4.99. The maximum Gasteiger partial charge on any atom is 0.255 e. The number of Topliss-reactive ketones (excluding diaryl/α,β-unsaturated/α-hetero) is 1. The quantitative estimate of drug-likeness (QED) is 0.346. The number of ketones is 1. The second-order valence-electron chi connectivity index (χ2n) is 7.73. The van der Waals surface area contributed by atoms with Gasteiger partial charge in [0.25, 0.3) is 11.8 Å². The van der Waals surface area contributed by atoms with Crippen molar-refractivity contribution < 1.29 is 19.2 Å². The Bertz CT molecular complexity index is 1300. The highest BCUT2D eigenvalue weighted by molar-refractivity contribution is 9.10. The molecule has 0 saturated heterocycles. The summed E-state index contributed by atoms with van der Waals surface area (Å²) in [5.41, 5.74) is 1.87. The molecule has 0 spiro atoms. The summed E-state index contributed by atoms with van der Waals surface area (Å²) in [6.45, 7) is 0. The fourth-order valence-corrected chi connectivity index (χ4v) is 3.36. The van der Waals surface area contributed by atoms with Gasteiger partial charge in [-0.05, 0) is 72.8 Å². The smallest absolute Gasteiger partial charge is 0.255 e. The van der Waals surface area contributed by atoms with Crippen LogP contribution in [0.3, 0.4) is 0 Å². The van der Waals surface area contributed by atoms with E-state index in [9.17, 15) is 24.4 Å². The van der Waals surface area contributed by atoms with Crippen LogP contribution in [0.5, 0.6) is 0 Å². The molecule has 3 aromatic carbocycles. The molecule has 0 aliphatic rings. The molecule has 0 saturated carbocycles. The maximum absolute atomic E-state index is 12.8. The van der Waals surface area contributed by atoms with E-state index in [0.717, 1.165) is 4.47 Å². The van der Waals surface area contributed by atoms with Gasteiger partial charge < -0.3 is 15.5 Å². The third-order valence-corrected chi connectivity index (χ3v) is 5.52. The first-order valence-corrected chi connectivity index (χ1v) is 11.2. The maximum atomic E-state index is 12.8. The molecule has 0 aliphatic heterocycles. The van der Waals surface area contributed by atoms with Crippen molar-refractivity contribution in [2.75, 3.05) is 24.7 Å². The standard InChI is InChI=1S/C26H21BrN4O4/c1-31(2)26(35)18-7-13-21(14-8-18)30-25(34)22(15-28)23(32)16-5-11-20(12-6-16)29-24(33)17-3-9-19(27)10-4-17/h3-14,22H,1-2H3,(H,29,33)(H,30,34). The number of carbonyl (C=O) groups excluding carboxylic acids is 4. The summed E-state index contributed by atoms with van der Waals surface area (Å²) in [7, 11) is 3.26. The Morgan fingerprint density at radius 1 is 0.771 bits per heavy atom. The van der Waals surface area contributed by atoms with Crippen LogP contribution in [0.25, 0.3) is 0 Å². The van der Waals surface area contributed by atoms with Crippen molar-refractivity contribution in [3.05, 3.63) is 94.0 Å². The lowest BCUT2D eigenvalue weighted by Gasteiger charge is -2.12. The average molecular weight is 533 g/mol. The minimum absolute atomic E-state index is 0.153. The molecule has 8 nitrogen and oxygen atoms in total. The Morgan fingerprint density at radius 3 is 1.77 bits per heavy atom. The number of halogens is 1. The number of hydrogen-bond acceptors (Lipinski definition) is 5. The van der Waals surface area contributed by atoms with E-state index < -0.39 is 17.6 Å². The van der Waals surface area contributed by atoms with E-state index in [4.69, 9.17) is 0 Å². The Labute approximate surface area is 210 Å². The van der Waals surface area contributed by atoms with Crippen molar-refractivity contribution in [1.82, 2.24) is 4.90 Å². The molecular weight excluding hydrogens is 512 g/mol. The van der Waals surface area contributed by atoms with Gasteiger partial charge in [0.2, 0.25) is 5.91 Å². The van der Waals surface area contributed by atoms with E-state index >= 15 is 0 Å². The average Bonchev–Trinajstić information content (AvgIpc) is 2.85. The molecule has 2 N–H and O–H groups in total. The third kappa shape index (κ3) is 6.40. The normalized spacial score (nSPS) is 11.0. The summed E-state index contributed by atoms with van der Waals surface area (Å²) in [6.07, 6.45) is 0. The molecule has 0 radical (unpaired) electrons. The second kappa shape index (κ2) is 11.2. The number of nitriles is 1. The van der Waals surface area contributed by atoms with E-state index in [-0.39, 0.29) is 17.4 Å². The molecule has 1 atom stereocenters. The number of amides is 3. The molecule has 1 unspecified atom stereocenters. The van der Waals surface area contributed by atoms with Crippen molar-refractivity contribution in [3.8, 4) is 6.07 Å². The number of hydrogen-bond donors (Lipinski definition) is 2. The molecule has 9 heteroatoms. The molecule has 0 bridgehead atoms. The molecule has 0 heterocycles. The number of anilines is 2. The predicted molar refractivity (Wildman–Crippen MR) is 135 cm³/mol. The van der Waals surface area contributed by atoms with Gasteiger partial charge in [0.1, 0.15) is 0 Å². The monoisotopic (exact) mass is 532 g/mol. The lowest BCUT2D eigenvalue weighted by molar-refractivity contribution is -0.117. The van der Waals surface area contributed by atoms with Gasteiger partial charge in [-0.25, -0.2) is 0 Å². The van der Waals surface area contributed by atoms with Crippen LogP contribution >= 0.6 is 15.9 Å². The van der Waals surface area contributed by atoms with E-state index in [1.54, 1.807) is 56.6 Å². The summed E-state index contributed by atoms with van der Waals surface area (Å²) in [5.74, 6) is -3.53. The van der Waals surface area contributed by atoms with Crippen LogP contribution in [0, 0.1) is 17.2 Å². The van der Waals surface area contributed by atoms with Crippen LogP contribution in [0.15, 0.2) is 77.3 Å². The van der Waals surface area contributed by atoms with Gasteiger partial charge >= 0.3 is 0 Å². The van der Waals surface area contributed by atoms with E-state index in [0.29, 0.717) is 22.5 Å². The largest absolute Gasteiger partial charge is 0.345 e. The molecule has 0 aliphatic carbocycles. The van der Waals surface area contributed by atoms with Gasteiger partial charge in [-0.3, -0.25) is 19.2 Å². The summed E-state index contributed by atoms with van der Waals surface area (Å²) in [6, 6.07) is 20.7. The topological polar surface area (TPSA) is 119 Å². The van der Waals surface area contributed by atoms with Gasteiger partial charge in [-0.2, -0.15) is 5.26 Å². The zero-order valence-electron chi connectivity index (χ0n) is 18.9. The fraction of sp³-hybridized carbons (Fsp3) is 0.115. The lowest BCUT2D eigenvalue weighted by Crippen LogP contribution is -2.28. The van der Waals surface area contributed by atoms with Crippen molar-refractivity contribution in [3.63, 3.8) is 0 Å². The van der Waals surface area contributed by atoms with E-state index in [1.165, 1.54) is 41.3 Å². The summed E-state index contributed by atoms with van der Waals surface area (Å²) >= 11 is 3.31. The molecule has 176 valence electrons. The molecule has 0 aromatic heterocycles. The molecule has 3 rings (SSSR count). The Hall–Kier alpha value is -4.29.